The summed E-state index contributed by atoms with van der Waals surface area (Å²) in [7, 11) is -1.45. The molecule has 0 fully saturated rings. The van der Waals surface area contributed by atoms with Gasteiger partial charge in [0.2, 0.25) is 0 Å². The third kappa shape index (κ3) is 12.6. The van der Waals surface area contributed by atoms with Crippen LogP contribution in [0.2, 0.25) is 0 Å². The zero-order chi connectivity index (χ0) is 10.2. The monoisotopic (exact) mass is 218 g/mol. The zero-order valence-electron chi connectivity index (χ0n) is 6.63. The van der Waals surface area contributed by atoms with Gasteiger partial charge in [0.25, 0.3) is 0 Å². The Balaban J connectivity index is 0. The topological polar surface area (TPSA) is 93.1 Å². The van der Waals surface area contributed by atoms with E-state index in [1.54, 1.807) is 0 Å². The SMILES string of the molecule is COP(=O)(O)OC.O=C(O)CS. The van der Waals surface area contributed by atoms with Crippen molar-refractivity contribution in [2.75, 3.05) is 20.0 Å². The molecule has 0 atom stereocenters. The van der Waals surface area contributed by atoms with Gasteiger partial charge in [0.15, 0.2) is 0 Å². The normalized spacial score (nSPS) is 10.0. The van der Waals surface area contributed by atoms with Gasteiger partial charge in [0.1, 0.15) is 0 Å². The van der Waals surface area contributed by atoms with Crippen molar-refractivity contribution < 1.29 is 28.4 Å². The van der Waals surface area contributed by atoms with Crippen LogP contribution in [0.5, 0.6) is 0 Å². The van der Waals surface area contributed by atoms with Gasteiger partial charge in [-0.2, -0.15) is 12.6 Å². The van der Waals surface area contributed by atoms with Crippen molar-refractivity contribution in [3.63, 3.8) is 0 Å². The number of rotatable bonds is 3. The van der Waals surface area contributed by atoms with Crippen LogP contribution in [0.15, 0.2) is 0 Å². The summed E-state index contributed by atoms with van der Waals surface area (Å²) in [5, 5.41) is 7.65. The Labute approximate surface area is 75.5 Å². The number of hydrogen-bond acceptors (Lipinski definition) is 5. The van der Waals surface area contributed by atoms with Gasteiger partial charge in [-0.05, 0) is 0 Å². The zero-order valence-corrected chi connectivity index (χ0v) is 8.42. The summed E-state index contributed by atoms with van der Waals surface area (Å²) in [6.45, 7) is 0. The maximum atomic E-state index is 10.1. The first-order chi connectivity index (χ1) is 5.39. The first-order valence-electron chi connectivity index (χ1n) is 2.66. The summed E-state index contributed by atoms with van der Waals surface area (Å²) in [6, 6.07) is 0. The molecule has 0 aliphatic rings. The summed E-state index contributed by atoms with van der Waals surface area (Å²) in [4.78, 5) is 17.5. The molecule has 0 unspecified atom stereocenters. The molecule has 0 saturated carbocycles. The summed E-state index contributed by atoms with van der Waals surface area (Å²) >= 11 is 3.42. The van der Waals surface area contributed by atoms with E-state index in [2.05, 4.69) is 21.7 Å². The highest BCUT2D eigenvalue weighted by molar-refractivity contribution is 7.81. The van der Waals surface area contributed by atoms with Crippen LogP contribution in [0.3, 0.4) is 0 Å². The molecule has 0 radical (unpaired) electrons. The number of carbonyl (C=O) groups is 1. The van der Waals surface area contributed by atoms with E-state index in [-0.39, 0.29) is 5.75 Å². The molecular weight excluding hydrogens is 207 g/mol. The van der Waals surface area contributed by atoms with Gasteiger partial charge in [-0.1, -0.05) is 0 Å². The minimum absolute atomic E-state index is 0.0833. The van der Waals surface area contributed by atoms with E-state index in [0.717, 1.165) is 14.2 Å². The Hall–Kier alpha value is -0.0700. The molecule has 0 amide bonds. The minimum Gasteiger partial charge on any atom is -0.481 e. The van der Waals surface area contributed by atoms with Crippen LogP contribution in [-0.2, 0) is 18.4 Å². The van der Waals surface area contributed by atoms with Crippen molar-refractivity contribution in [3.05, 3.63) is 0 Å². The molecule has 0 rings (SSSR count). The van der Waals surface area contributed by atoms with Crippen LogP contribution < -0.4 is 0 Å². The Kier molecular flexibility index (Phi) is 9.12. The van der Waals surface area contributed by atoms with Gasteiger partial charge in [0, 0.05) is 14.2 Å². The van der Waals surface area contributed by atoms with Crippen LogP contribution in [0.25, 0.3) is 0 Å². The highest BCUT2D eigenvalue weighted by Crippen LogP contribution is 2.40. The highest BCUT2D eigenvalue weighted by atomic mass is 32.1. The second-order valence-corrected chi connectivity index (χ2v) is 3.37. The maximum absolute atomic E-state index is 10.1. The van der Waals surface area contributed by atoms with E-state index in [9.17, 15) is 9.36 Å². The second kappa shape index (κ2) is 7.57. The van der Waals surface area contributed by atoms with Crippen molar-refractivity contribution >= 4 is 26.4 Å². The van der Waals surface area contributed by atoms with Gasteiger partial charge < -0.3 is 10.00 Å². The smallest absolute Gasteiger partial charge is 0.471 e. The molecule has 12 heavy (non-hydrogen) atoms. The predicted molar refractivity (Wildman–Crippen MR) is 45.3 cm³/mol. The minimum atomic E-state index is -3.65. The fourth-order valence-corrected chi connectivity index (χ4v) is 0.224. The number of aliphatic carboxylic acids is 1. The average Bonchev–Trinajstić information content (AvgIpc) is 2.05. The van der Waals surface area contributed by atoms with E-state index in [1.165, 1.54) is 0 Å². The summed E-state index contributed by atoms with van der Waals surface area (Å²) in [5.41, 5.74) is 0. The summed E-state index contributed by atoms with van der Waals surface area (Å²) in [6.07, 6.45) is 0. The molecule has 0 saturated heterocycles. The van der Waals surface area contributed by atoms with Crippen LogP contribution in [0.4, 0.5) is 0 Å². The van der Waals surface area contributed by atoms with Crippen molar-refractivity contribution in [1.82, 2.24) is 0 Å². The lowest BCUT2D eigenvalue weighted by atomic mass is 10.8. The average molecular weight is 218 g/mol. The lowest BCUT2D eigenvalue weighted by Gasteiger charge is -2.01. The standard InChI is InChI=1S/C2H7O4P.C2H4O2S/c1-5-7(3,4)6-2;3-2(4)1-5/h1-2H3,(H,3,4);5H,1H2,(H,3,4). The number of thiol groups is 1. The number of phosphoric ester groups is 1. The van der Waals surface area contributed by atoms with Gasteiger partial charge >= 0.3 is 13.8 Å². The fourth-order valence-electron chi connectivity index (χ4n) is 0.0745. The molecule has 6 nitrogen and oxygen atoms in total. The van der Waals surface area contributed by atoms with Crippen molar-refractivity contribution in [2.24, 2.45) is 0 Å². The third-order valence-electron chi connectivity index (χ3n) is 0.597. The Bertz CT molecular complexity index is 163. The van der Waals surface area contributed by atoms with Gasteiger partial charge in [-0.15, -0.1) is 0 Å². The van der Waals surface area contributed by atoms with E-state index in [1.807, 2.05) is 0 Å². The first kappa shape index (κ1) is 14.5. The molecule has 0 aromatic rings. The molecule has 0 aromatic carbocycles. The predicted octanol–water partition coefficient (Wildman–Crippen LogP) is 0.380. The van der Waals surface area contributed by atoms with Crippen molar-refractivity contribution in [3.8, 4) is 0 Å². The van der Waals surface area contributed by atoms with Gasteiger partial charge in [-0.25, -0.2) is 4.57 Å². The first-order valence-corrected chi connectivity index (χ1v) is 4.79. The largest absolute Gasteiger partial charge is 0.481 e. The third-order valence-corrected chi connectivity index (χ3v) is 1.79. The Morgan fingerprint density at radius 3 is 1.75 bits per heavy atom. The van der Waals surface area contributed by atoms with E-state index < -0.39 is 13.8 Å². The van der Waals surface area contributed by atoms with Crippen LogP contribution in [0, 0.1) is 0 Å². The number of carboxylic acid groups (broad SMARTS) is 1. The molecule has 2 N–H and O–H groups in total. The van der Waals surface area contributed by atoms with E-state index in [0.29, 0.717) is 0 Å². The Morgan fingerprint density at radius 1 is 1.50 bits per heavy atom. The second-order valence-electron chi connectivity index (χ2n) is 1.39. The molecule has 0 aliphatic heterocycles. The highest BCUT2D eigenvalue weighted by Gasteiger charge is 2.13. The number of carboxylic acids is 1. The number of phosphoric acid groups is 1. The van der Waals surface area contributed by atoms with Gasteiger partial charge in [0.05, 0.1) is 5.75 Å². The molecule has 8 heteroatoms. The number of hydrogen-bond donors (Lipinski definition) is 3. The Morgan fingerprint density at radius 2 is 1.75 bits per heavy atom. The molecule has 0 aliphatic carbocycles. The molecule has 0 bridgehead atoms. The van der Waals surface area contributed by atoms with Crippen LogP contribution in [0.1, 0.15) is 0 Å². The lowest BCUT2D eigenvalue weighted by molar-refractivity contribution is -0.133. The van der Waals surface area contributed by atoms with Crippen molar-refractivity contribution in [1.29, 1.82) is 0 Å². The molecule has 0 spiro atoms. The van der Waals surface area contributed by atoms with E-state index in [4.69, 9.17) is 10.00 Å². The fraction of sp³-hybridized carbons (Fsp3) is 0.750. The van der Waals surface area contributed by atoms with Gasteiger partial charge in [-0.3, -0.25) is 13.8 Å². The molecule has 74 valence electrons. The van der Waals surface area contributed by atoms with Crippen LogP contribution in [-0.4, -0.2) is 35.9 Å². The van der Waals surface area contributed by atoms with Crippen LogP contribution >= 0.6 is 20.5 Å². The lowest BCUT2D eigenvalue weighted by Crippen LogP contribution is -1.92. The molecule has 0 aromatic heterocycles. The quantitative estimate of drug-likeness (QED) is 0.468. The molecular formula is C4H11O6PS. The maximum Gasteiger partial charge on any atom is 0.471 e. The van der Waals surface area contributed by atoms with Crippen molar-refractivity contribution in [2.45, 2.75) is 0 Å². The van der Waals surface area contributed by atoms with E-state index >= 15 is 0 Å². The molecule has 0 heterocycles. The summed E-state index contributed by atoms with van der Waals surface area (Å²) in [5.74, 6) is -0.965. The summed E-state index contributed by atoms with van der Waals surface area (Å²) < 4.78 is 18.0.